The van der Waals surface area contributed by atoms with Crippen LogP contribution < -0.4 is 4.74 Å². The summed E-state index contributed by atoms with van der Waals surface area (Å²) in [6.45, 7) is 2.77. The van der Waals surface area contributed by atoms with Crippen LogP contribution in [0.4, 0.5) is 8.78 Å². The second-order valence-electron chi connectivity index (χ2n) is 5.31. The summed E-state index contributed by atoms with van der Waals surface area (Å²) in [6, 6.07) is 6.66. The van der Waals surface area contributed by atoms with Gasteiger partial charge in [0, 0.05) is 12.3 Å². The fraction of sp³-hybridized carbons (Fsp3) is 0.562. The van der Waals surface area contributed by atoms with Crippen molar-refractivity contribution in [2.75, 3.05) is 13.2 Å². The van der Waals surface area contributed by atoms with Gasteiger partial charge in [-0.3, -0.25) is 0 Å². The molecule has 1 aromatic rings. The highest BCUT2D eigenvalue weighted by molar-refractivity contribution is 5.89. The van der Waals surface area contributed by atoms with Gasteiger partial charge >= 0.3 is 5.97 Å². The number of alkyl halides is 2. The number of carbonyl (C=O) groups excluding carboxylic acids is 1. The van der Waals surface area contributed by atoms with Crippen LogP contribution in [0.25, 0.3) is 0 Å². The van der Waals surface area contributed by atoms with E-state index in [0.717, 1.165) is 12.8 Å². The van der Waals surface area contributed by atoms with E-state index in [-0.39, 0.29) is 19.4 Å². The molecule has 0 N–H and O–H groups in total. The van der Waals surface area contributed by atoms with E-state index in [1.807, 2.05) is 0 Å². The molecular weight excluding hydrogens is 278 g/mol. The predicted octanol–water partition coefficient (Wildman–Crippen LogP) is 4.07. The zero-order chi connectivity index (χ0) is 15.3. The average molecular weight is 298 g/mol. The highest BCUT2D eigenvalue weighted by Crippen LogP contribution is 2.50. The summed E-state index contributed by atoms with van der Waals surface area (Å²) in [5.74, 6) is -2.96. The van der Waals surface area contributed by atoms with Crippen LogP contribution in [0.15, 0.2) is 24.3 Å². The Morgan fingerprint density at radius 1 is 1.29 bits per heavy atom. The number of rotatable bonds is 8. The summed E-state index contributed by atoms with van der Waals surface area (Å²) in [6.07, 6.45) is 2.17. The molecule has 1 aliphatic rings. The molecule has 0 heterocycles. The maximum atomic E-state index is 12.7. The molecule has 0 amide bonds. The van der Waals surface area contributed by atoms with E-state index in [4.69, 9.17) is 9.47 Å². The van der Waals surface area contributed by atoms with Crippen LogP contribution >= 0.6 is 0 Å². The average Bonchev–Trinajstić information content (AvgIpc) is 3.07. The number of hydrogen-bond donors (Lipinski definition) is 0. The van der Waals surface area contributed by atoms with E-state index < -0.39 is 17.8 Å². The minimum absolute atomic E-state index is 0.0356. The molecule has 1 aromatic carbocycles. The molecule has 0 spiro atoms. The van der Waals surface area contributed by atoms with Gasteiger partial charge in [-0.15, -0.1) is 0 Å². The third kappa shape index (κ3) is 4.69. The van der Waals surface area contributed by atoms with Crippen molar-refractivity contribution >= 4 is 5.97 Å². The highest BCUT2D eigenvalue weighted by atomic mass is 19.3. The van der Waals surface area contributed by atoms with Gasteiger partial charge in [-0.05, 0) is 37.1 Å². The molecule has 1 saturated carbocycles. The van der Waals surface area contributed by atoms with Crippen molar-refractivity contribution in [3.8, 4) is 5.75 Å². The zero-order valence-electron chi connectivity index (χ0n) is 12.1. The fourth-order valence-corrected chi connectivity index (χ4v) is 1.98. The second-order valence-corrected chi connectivity index (χ2v) is 5.31. The van der Waals surface area contributed by atoms with E-state index in [1.54, 1.807) is 24.3 Å². The minimum atomic E-state index is -2.55. The highest BCUT2D eigenvalue weighted by Gasteiger charge is 2.56. The quantitative estimate of drug-likeness (QED) is 0.536. The van der Waals surface area contributed by atoms with Crippen LogP contribution in [-0.4, -0.2) is 25.1 Å². The summed E-state index contributed by atoms with van der Waals surface area (Å²) in [5.41, 5.74) is 0.403. The Morgan fingerprint density at radius 3 is 2.52 bits per heavy atom. The largest absolute Gasteiger partial charge is 0.494 e. The Labute approximate surface area is 123 Å². The molecule has 1 aliphatic carbocycles. The molecule has 0 bridgehead atoms. The number of ether oxygens (including phenoxy) is 2. The number of esters is 1. The lowest BCUT2D eigenvalue weighted by Crippen LogP contribution is -2.08. The molecule has 3 nitrogen and oxygen atoms in total. The minimum Gasteiger partial charge on any atom is -0.494 e. The normalized spacial score (nSPS) is 19.1. The van der Waals surface area contributed by atoms with Gasteiger partial charge in [0.2, 0.25) is 0 Å². The van der Waals surface area contributed by atoms with E-state index in [1.165, 1.54) is 0 Å². The first-order valence-electron chi connectivity index (χ1n) is 7.30. The molecule has 2 rings (SSSR count). The SMILES string of the molecule is CCCCOc1ccc(C(=O)OCCC2CC2(F)F)cc1. The maximum Gasteiger partial charge on any atom is 0.338 e. The Hall–Kier alpha value is -1.65. The Balaban J connectivity index is 1.72. The van der Waals surface area contributed by atoms with Crippen molar-refractivity contribution in [3.63, 3.8) is 0 Å². The van der Waals surface area contributed by atoms with Gasteiger partial charge in [-0.1, -0.05) is 13.3 Å². The van der Waals surface area contributed by atoms with Crippen LogP contribution in [0.5, 0.6) is 5.75 Å². The van der Waals surface area contributed by atoms with Crippen LogP contribution in [0.1, 0.15) is 43.0 Å². The fourth-order valence-electron chi connectivity index (χ4n) is 1.98. The molecule has 0 saturated heterocycles. The summed E-state index contributed by atoms with van der Waals surface area (Å²) >= 11 is 0. The summed E-state index contributed by atoms with van der Waals surface area (Å²) in [7, 11) is 0. The molecule has 116 valence electrons. The van der Waals surface area contributed by atoms with Crippen molar-refractivity contribution in [1.82, 2.24) is 0 Å². The Kier molecular flexibility index (Phi) is 5.15. The summed E-state index contributed by atoms with van der Waals surface area (Å²) in [4.78, 5) is 11.7. The number of hydrogen-bond acceptors (Lipinski definition) is 3. The molecule has 21 heavy (non-hydrogen) atoms. The Morgan fingerprint density at radius 2 is 1.95 bits per heavy atom. The number of carbonyl (C=O) groups is 1. The van der Waals surface area contributed by atoms with Crippen molar-refractivity contribution in [2.24, 2.45) is 5.92 Å². The molecule has 5 heteroatoms. The lowest BCUT2D eigenvalue weighted by Gasteiger charge is -2.07. The molecular formula is C16H20F2O3. The van der Waals surface area contributed by atoms with Crippen LogP contribution in [-0.2, 0) is 4.74 Å². The number of unbranched alkanes of at least 4 members (excludes halogenated alkanes) is 1. The zero-order valence-corrected chi connectivity index (χ0v) is 12.1. The van der Waals surface area contributed by atoms with E-state index in [9.17, 15) is 13.6 Å². The molecule has 1 atom stereocenters. The van der Waals surface area contributed by atoms with Crippen LogP contribution in [0, 0.1) is 5.92 Å². The van der Waals surface area contributed by atoms with Gasteiger partial charge in [0.05, 0.1) is 18.8 Å². The monoisotopic (exact) mass is 298 g/mol. The predicted molar refractivity (Wildman–Crippen MR) is 74.8 cm³/mol. The van der Waals surface area contributed by atoms with Gasteiger partial charge < -0.3 is 9.47 Å². The first-order chi connectivity index (χ1) is 10.0. The van der Waals surface area contributed by atoms with Crippen LogP contribution in [0.2, 0.25) is 0 Å². The lowest BCUT2D eigenvalue weighted by molar-refractivity contribution is 0.0452. The summed E-state index contributed by atoms with van der Waals surface area (Å²) < 4.78 is 35.8. The molecule has 0 aromatic heterocycles. The van der Waals surface area contributed by atoms with Gasteiger partial charge in [0.15, 0.2) is 0 Å². The maximum absolute atomic E-state index is 12.7. The third-order valence-electron chi connectivity index (χ3n) is 3.51. The van der Waals surface area contributed by atoms with E-state index in [0.29, 0.717) is 17.9 Å². The van der Waals surface area contributed by atoms with Gasteiger partial charge in [0.25, 0.3) is 5.92 Å². The number of benzene rings is 1. The standard InChI is InChI=1S/C16H20F2O3/c1-2-3-9-20-14-6-4-12(5-7-14)15(19)21-10-8-13-11-16(13,17)18/h4-7,13H,2-3,8-11H2,1H3. The van der Waals surface area contributed by atoms with E-state index >= 15 is 0 Å². The van der Waals surface area contributed by atoms with Crippen LogP contribution in [0.3, 0.4) is 0 Å². The van der Waals surface area contributed by atoms with Crippen molar-refractivity contribution in [1.29, 1.82) is 0 Å². The molecule has 1 unspecified atom stereocenters. The molecule has 1 fully saturated rings. The van der Waals surface area contributed by atoms with Gasteiger partial charge in [-0.2, -0.15) is 0 Å². The molecule has 0 aliphatic heterocycles. The first kappa shape index (κ1) is 15.7. The summed E-state index contributed by atoms with van der Waals surface area (Å²) in [5, 5.41) is 0. The van der Waals surface area contributed by atoms with Crippen molar-refractivity contribution in [2.45, 2.75) is 38.5 Å². The van der Waals surface area contributed by atoms with Crippen molar-refractivity contribution in [3.05, 3.63) is 29.8 Å². The third-order valence-corrected chi connectivity index (χ3v) is 3.51. The van der Waals surface area contributed by atoms with Gasteiger partial charge in [0.1, 0.15) is 5.75 Å². The lowest BCUT2D eigenvalue weighted by atomic mass is 10.2. The topological polar surface area (TPSA) is 35.5 Å². The second kappa shape index (κ2) is 6.87. The Bertz CT molecular complexity index is 471. The van der Waals surface area contributed by atoms with E-state index in [2.05, 4.69) is 6.92 Å². The van der Waals surface area contributed by atoms with Gasteiger partial charge in [-0.25, -0.2) is 13.6 Å². The number of halogens is 2. The smallest absolute Gasteiger partial charge is 0.338 e. The first-order valence-corrected chi connectivity index (χ1v) is 7.30. The molecule has 0 radical (unpaired) electrons. The van der Waals surface area contributed by atoms with Crippen molar-refractivity contribution < 1.29 is 23.0 Å².